The number of nitrogens with two attached hydrogens (primary N) is 1. The third kappa shape index (κ3) is 2.80. The molecule has 106 valence electrons. The van der Waals surface area contributed by atoms with E-state index in [4.69, 9.17) is 10.5 Å². The van der Waals surface area contributed by atoms with E-state index >= 15 is 0 Å². The number of thiazole rings is 1. The summed E-state index contributed by atoms with van der Waals surface area (Å²) in [6, 6.07) is 12.1. The van der Waals surface area contributed by atoms with E-state index in [0.717, 1.165) is 22.1 Å². The molecule has 0 fully saturated rings. The zero-order chi connectivity index (χ0) is 14.7. The molecule has 3 N–H and O–H groups in total. The number of hydrogen-bond donors (Lipinski definition) is 2. The van der Waals surface area contributed by atoms with Crippen molar-refractivity contribution in [3.63, 3.8) is 0 Å². The van der Waals surface area contributed by atoms with Crippen molar-refractivity contribution in [1.82, 2.24) is 4.98 Å². The van der Waals surface area contributed by atoms with Crippen molar-refractivity contribution in [1.29, 1.82) is 0 Å². The van der Waals surface area contributed by atoms with Crippen molar-refractivity contribution >= 4 is 39.3 Å². The molecular formula is C15H14N4OS. The van der Waals surface area contributed by atoms with Crippen LogP contribution >= 0.6 is 11.3 Å². The van der Waals surface area contributed by atoms with Gasteiger partial charge < -0.3 is 10.5 Å². The van der Waals surface area contributed by atoms with Crippen molar-refractivity contribution in [3.8, 4) is 5.75 Å². The van der Waals surface area contributed by atoms with Gasteiger partial charge in [-0.2, -0.15) is 5.10 Å². The highest BCUT2D eigenvalue weighted by Crippen LogP contribution is 2.26. The monoisotopic (exact) mass is 298 g/mol. The Hall–Kier alpha value is -2.60. The van der Waals surface area contributed by atoms with Gasteiger partial charge in [0.25, 0.3) is 0 Å². The van der Waals surface area contributed by atoms with Gasteiger partial charge in [-0.15, -0.1) is 11.3 Å². The summed E-state index contributed by atoms with van der Waals surface area (Å²) in [4.78, 5) is 4.09. The van der Waals surface area contributed by atoms with Gasteiger partial charge in [-0.3, -0.25) is 5.43 Å². The van der Waals surface area contributed by atoms with Crippen LogP contribution in [0.25, 0.3) is 10.8 Å². The number of hydrogen-bond acceptors (Lipinski definition) is 6. The zero-order valence-corrected chi connectivity index (χ0v) is 12.2. The number of nitrogen functional groups attached to an aromatic ring is 1. The number of ether oxygens (including phenoxy) is 1. The number of aromatic nitrogens is 1. The van der Waals surface area contributed by atoms with E-state index in [1.165, 1.54) is 11.3 Å². The largest absolute Gasteiger partial charge is 0.496 e. The van der Waals surface area contributed by atoms with Crippen LogP contribution in [0.15, 0.2) is 46.9 Å². The summed E-state index contributed by atoms with van der Waals surface area (Å²) in [5.41, 5.74) is 9.36. The Bertz CT molecular complexity index is 797. The smallest absolute Gasteiger partial charge is 0.205 e. The van der Waals surface area contributed by atoms with E-state index in [0.29, 0.717) is 10.9 Å². The summed E-state index contributed by atoms with van der Waals surface area (Å²) in [5.74, 6) is 1.26. The first-order valence-electron chi connectivity index (χ1n) is 6.34. The van der Waals surface area contributed by atoms with Crippen LogP contribution in [-0.4, -0.2) is 18.3 Å². The van der Waals surface area contributed by atoms with Gasteiger partial charge >= 0.3 is 0 Å². The highest BCUT2D eigenvalue weighted by Gasteiger charge is 2.05. The Morgan fingerprint density at radius 3 is 2.90 bits per heavy atom. The molecule has 5 nitrogen and oxygen atoms in total. The molecule has 0 unspecified atom stereocenters. The minimum atomic E-state index is 0.487. The lowest BCUT2D eigenvalue weighted by Crippen LogP contribution is -1.95. The Morgan fingerprint density at radius 2 is 2.14 bits per heavy atom. The van der Waals surface area contributed by atoms with E-state index in [1.54, 1.807) is 18.7 Å². The van der Waals surface area contributed by atoms with Crippen LogP contribution in [-0.2, 0) is 0 Å². The second-order valence-electron chi connectivity index (χ2n) is 4.35. The fraction of sp³-hybridized carbons (Fsp3) is 0.0667. The maximum absolute atomic E-state index is 5.57. The lowest BCUT2D eigenvalue weighted by atomic mass is 10.0. The fourth-order valence-corrected chi connectivity index (χ4v) is 2.62. The summed E-state index contributed by atoms with van der Waals surface area (Å²) < 4.78 is 5.41. The third-order valence-electron chi connectivity index (χ3n) is 3.03. The first kappa shape index (κ1) is 13.4. The van der Waals surface area contributed by atoms with Gasteiger partial charge in [-0.1, -0.05) is 30.3 Å². The van der Waals surface area contributed by atoms with Crippen molar-refractivity contribution in [3.05, 3.63) is 47.3 Å². The average Bonchev–Trinajstić information content (AvgIpc) is 2.93. The van der Waals surface area contributed by atoms with E-state index in [9.17, 15) is 0 Å². The molecule has 0 atom stereocenters. The number of nitrogens with one attached hydrogen (secondary N) is 1. The van der Waals surface area contributed by atoms with E-state index in [-0.39, 0.29) is 0 Å². The number of rotatable bonds is 4. The molecule has 1 heterocycles. The van der Waals surface area contributed by atoms with Crippen LogP contribution in [0.5, 0.6) is 5.75 Å². The SMILES string of the molecule is COc1ccc2ccccc2c1C=NNc1nc(N)cs1. The van der Waals surface area contributed by atoms with E-state index < -0.39 is 0 Å². The molecule has 21 heavy (non-hydrogen) atoms. The van der Waals surface area contributed by atoms with Crippen LogP contribution in [0.4, 0.5) is 10.9 Å². The molecule has 0 aliphatic carbocycles. The molecule has 1 aromatic heterocycles. The predicted molar refractivity (Wildman–Crippen MR) is 88.2 cm³/mol. The summed E-state index contributed by atoms with van der Waals surface area (Å²) in [5, 5.41) is 8.86. The average molecular weight is 298 g/mol. The third-order valence-corrected chi connectivity index (χ3v) is 3.79. The minimum absolute atomic E-state index is 0.487. The molecular weight excluding hydrogens is 284 g/mol. The summed E-state index contributed by atoms with van der Waals surface area (Å²) >= 11 is 1.41. The standard InChI is InChI=1S/C15H14N4OS/c1-20-13-7-6-10-4-2-3-5-11(10)12(13)8-17-19-15-18-14(16)9-21-15/h2-9H,16H2,1H3,(H,18,19). The highest BCUT2D eigenvalue weighted by molar-refractivity contribution is 7.14. The van der Waals surface area contributed by atoms with Gasteiger partial charge in [0.05, 0.1) is 13.3 Å². The maximum Gasteiger partial charge on any atom is 0.205 e. The van der Waals surface area contributed by atoms with Crippen LogP contribution in [0.1, 0.15) is 5.56 Å². The topological polar surface area (TPSA) is 72.5 Å². The van der Waals surface area contributed by atoms with E-state index in [1.807, 2.05) is 30.3 Å². The molecule has 0 aliphatic rings. The van der Waals surface area contributed by atoms with Crippen molar-refractivity contribution in [2.45, 2.75) is 0 Å². The quantitative estimate of drug-likeness (QED) is 0.572. The predicted octanol–water partition coefficient (Wildman–Crippen LogP) is 3.33. The number of methoxy groups -OCH3 is 1. The molecule has 3 aromatic rings. The van der Waals surface area contributed by atoms with Gasteiger partial charge in [-0.05, 0) is 16.8 Å². The van der Waals surface area contributed by atoms with Crippen LogP contribution in [0.2, 0.25) is 0 Å². The van der Waals surface area contributed by atoms with Crippen LogP contribution < -0.4 is 15.9 Å². The molecule has 0 spiro atoms. The van der Waals surface area contributed by atoms with Gasteiger partial charge in [0.1, 0.15) is 11.6 Å². The van der Waals surface area contributed by atoms with Crippen molar-refractivity contribution in [2.24, 2.45) is 5.10 Å². The number of hydrazone groups is 1. The second-order valence-corrected chi connectivity index (χ2v) is 5.21. The molecule has 6 heteroatoms. The number of nitrogens with zero attached hydrogens (tertiary/aromatic N) is 2. The maximum atomic E-state index is 5.57. The molecule has 0 saturated heterocycles. The molecule has 2 aromatic carbocycles. The Labute approximate surface area is 126 Å². The van der Waals surface area contributed by atoms with Crippen molar-refractivity contribution < 1.29 is 4.74 Å². The molecule has 0 radical (unpaired) electrons. The lowest BCUT2D eigenvalue weighted by molar-refractivity contribution is 0.415. The molecule has 0 bridgehead atoms. The summed E-state index contributed by atoms with van der Waals surface area (Å²) in [7, 11) is 1.65. The minimum Gasteiger partial charge on any atom is -0.496 e. The summed E-state index contributed by atoms with van der Waals surface area (Å²) in [6.45, 7) is 0. The molecule has 0 amide bonds. The molecule has 3 rings (SSSR count). The molecule has 0 aliphatic heterocycles. The van der Waals surface area contributed by atoms with E-state index in [2.05, 4.69) is 21.6 Å². The number of benzene rings is 2. The van der Waals surface area contributed by atoms with Gasteiger partial charge in [0.2, 0.25) is 5.13 Å². The van der Waals surface area contributed by atoms with Gasteiger partial charge in [0.15, 0.2) is 0 Å². The normalized spacial score (nSPS) is 11.1. The summed E-state index contributed by atoms with van der Waals surface area (Å²) in [6.07, 6.45) is 1.73. The zero-order valence-electron chi connectivity index (χ0n) is 11.4. The van der Waals surface area contributed by atoms with Gasteiger partial charge in [0, 0.05) is 10.9 Å². The first-order chi connectivity index (χ1) is 10.3. The number of anilines is 2. The number of fused-ring (bicyclic) bond motifs is 1. The lowest BCUT2D eigenvalue weighted by Gasteiger charge is -2.08. The first-order valence-corrected chi connectivity index (χ1v) is 7.21. The fourth-order valence-electron chi connectivity index (χ4n) is 2.08. The second kappa shape index (κ2) is 5.80. The Balaban J connectivity index is 1.94. The van der Waals surface area contributed by atoms with Crippen molar-refractivity contribution in [2.75, 3.05) is 18.3 Å². The van der Waals surface area contributed by atoms with Crippen LogP contribution in [0.3, 0.4) is 0 Å². The highest BCUT2D eigenvalue weighted by atomic mass is 32.1. The molecule has 0 saturated carbocycles. The Kier molecular flexibility index (Phi) is 3.70. The van der Waals surface area contributed by atoms with Gasteiger partial charge in [-0.25, -0.2) is 4.98 Å². The Morgan fingerprint density at radius 1 is 1.29 bits per heavy atom. The van der Waals surface area contributed by atoms with Crippen LogP contribution in [0, 0.1) is 0 Å².